The molecule has 2 unspecified atom stereocenters. The molecule has 2 amide bonds. The number of piperidine rings is 1. The van der Waals surface area contributed by atoms with Crippen LogP contribution >= 0.6 is 0 Å². The van der Waals surface area contributed by atoms with Gasteiger partial charge in [0.25, 0.3) is 0 Å². The molecule has 5 heterocycles. The van der Waals surface area contributed by atoms with E-state index in [1.54, 1.807) is 16.9 Å². The average Bonchev–Trinajstić information content (AvgIpc) is 3.43. The summed E-state index contributed by atoms with van der Waals surface area (Å²) in [5.41, 5.74) is 3.04. The largest absolute Gasteiger partial charge is 0.366 e. The zero-order valence-electron chi connectivity index (χ0n) is 17.7. The van der Waals surface area contributed by atoms with Gasteiger partial charge in [0.1, 0.15) is 19.7 Å². The van der Waals surface area contributed by atoms with E-state index in [-0.39, 0.29) is 17.7 Å². The summed E-state index contributed by atoms with van der Waals surface area (Å²) in [5, 5.41) is 10.6. The maximum Gasteiger partial charge on any atom is 0.245 e. The number of carbonyl (C=O) groups excluding carboxylic acids is 2. The molecule has 2 atom stereocenters. The number of aromatic nitrogens is 4. The van der Waals surface area contributed by atoms with E-state index >= 15 is 0 Å². The molecule has 0 aromatic carbocycles. The molecule has 162 valence electrons. The maximum atomic E-state index is 12.9. The summed E-state index contributed by atoms with van der Waals surface area (Å²) in [6.07, 6.45) is 7.96. The fraction of sp³-hybridized carbons (Fsp3) is 0.409. The Labute approximate surface area is 187 Å². The van der Waals surface area contributed by atoms with Crippen molar-refractivity contribution in [2.45, 2.75) is 44.2 Å². The van der Waals surface area contributed by atoms with Gasteiger partial charge in [-0.15, -0.1) is 0 Å². The second-order valence-electron chi connectivity index (χ2n) is 8.40. The van der Waals surface area contributed by atoms with Crippen LogP contribution in [0.4, 0.5) is 5.82 Å². The van der Waals surface area contributed by atoms with Crippen LogP contribution in [0, 0.1) is 0 Å². The van der Waals surface area contributed by atoms with Gasteiger partial charge in [0.15, 0.2) is 5.65 Å². The van der Waals surface area contributed by atoms with E-state index in [1.165, 1.54) is 0 Å². The van der Waals surface area contributed by atoms with Crippen LogP contribution in [0.25, 0.3) is 5.65 Å². The number of amides is 2. The lowest BCUT2D eigenvalue weighted by atomic mass is 9.93. The van der Waals surface area contributed by atoms with Gasteiger partial charge in [-0.05, 0) is 36.4 Å². The van der Waals surface area contributed by atoms with E-state index in [0.717, 1.165) is 29.9 Å². The normalized spacial score (nSPS) is 21.0. The second kappa shape index (κ2) is 8.60. The summed E-state index contributed by atoms with van der Waals surface area (Å²) < 4.78 is 1.70. The van der Waals surface area contributed by atoms with Crippen LogP contribution in [-0.4, -0.2) is 63.3 Å². The Morgan fingerprint density at radius 2 is 2.22 bits per heavy atom. The monoisotopic (exact) mass is 429 g/mol. The van der Waals surface area contributed by atoms with Gasteiger partial charge >= 0.3 is 0 Å². The van der Waals surface area contributed by atoms with Crippen LogP contribution in [0.2, 0.25) is 0 Å². The predicted molar refractivity (Wildman–Crippen MR) is 120 cm³/mol. The first kappa shape index (κ1) is 20.5. The molecule has 3 aromatic heterocycles. The molecule has 0 spiro atoms. The molecule has 2 radical (unpaired) electrons. The van der Waals surface area contributed by atoms with Gasteiger partial charge in [0, 0.05) is 56.6 Å². The zero-order chi connectivity index (χ0) is 22.1. The predicted octanol–water partition coefficient (Wildman–Crippen LogP) is 0.515. The highest BCUT2D eigenvalue weighted by atomic mass is 16.2. The Kier molecular flexibility index (Phi) is 5.51. The van der Waals surface area contributed by atoms with Crippen molar-refractivity contribution in [3.8, 4) is 0 Å². The Morgan fingerprint density at radius 1 is 1.31 bits per heavy atom. The third kappa shape index (κ3) is 4.04. The first-order valence-electron chi connectivity index (χ1n) is 10.9. The fourth-order valence-corrected chi connectivity index (χ4v) is 4.47. The number of nitrogens with zero attached hydrogens (tertiary/aromatic N) is 5. The molecule has 2 fully saturated rings. The molecular weight excluding hydrogens is 405 g/mol. The number of rotatable bonds is 5. The summed E-state index contributed by atoms with van der Waals surface area (Å²) in [6, 6.07) is 5.49. The number of nitrogens with one attached hydrogen (secondary N) is 2. The van der Waals surface area contributed by atoms with Gasteiger partial charge in [-0.2, -0.15) is 9.61 Å². The first-order chi connectivity index (χ1) is 15.6. The Morgan fingerprint density at radius 3 is 3.00 bits per heavy atom. The third-order valence-electron chi connectivity index (χ3n) is 6.16. The van der Waals surface area contributed by atoms with Crippen molar-refractivity contribution in [3.63, 3.8) is 0 Å². The van der Waals surface area contributed by atoms with Gasteiger partial charge in [-0.3, -0.25) is 14.6 Å². The fourth-order valence-electron chi connectivity index (χ4n) is 4.47. The van der Waals surface area contributed by atoms with Crippen molar-refractivity contribution in [1.82, 2.24) is 29.8 Å². The van der Waals surface area contributed by atoms with Crippen LogP contribution in [0.5, 0.6) is 0 Å². The van der Waals surface area contributed by atoms with E-state index < -0.39 is 6.04 Å². The van der Waals surface area contributed by atoms with Gasteiger partial charge in [-0.1, -0.05) is 6.07 Å². The smallest absolute Gasteiger partial charge is 0.245 e. The van der Waals surface area contributed by atoms with Gasteiger partial charge in [-0.25, -0.2) is 4.98 Å². The molecule has 2 aliphatic heterocycles. The van der Waals surface area contributed by atoms with Gasteiger partial charge in [0.2, 0.25) is 11.8 Å². The standard InChI is InChI=1S/C22H24BN7O2/c23-16-12-26-30-19(25-11-14-3-1-7-24-10-14)9-18(28-21(16)30)15-4-2-8-29(13-15)22(32)17-5-6-20(31)27-17/h1,3,7,9-10,12,15,17,25H,2,4-6,8,11,13H2,(H,27,31). The quantitative estimate of drug-likeness (QED) is 0.573. The van der Waals surface area contributed by atoms with Crippen molar-refractivity contribution in [2.75, 3.05) is 18.4 Å². The number of hydrogen-bond acceptors (Lipinski definition) is 6. The Bertz CT molecular complexity index is 1150. The molecule has 9 nitrogen and oxygen atoms in total. The van der Waals surface area contributed by atoms with Crippen LogP contribution in [0.15, 0.2) is 36.8 Å². The lowest BCUT2D eigenvalue weighted by Gasteiger charge is -2.34. The number of carbonyl (C=O) groups is 2. The van der Waals surface area contributed by atoms with E-state index in [4.69, 9.17) is 12.8 Å². The molecule has 2 saturated heterocycles. The summed E-state index contributed by atoms with van der Waals surface area (Å²) in [7, 11) is 6.13. The minimum Gasteiger partial charge on any atom is -0.366 e. The maximum absolute atomic E-state index is 12.9. The molecule has 2 aliphatic rings. The van der Waals surface area contributed by atoms with Crippen LogP contribution in [0.3, 0.4) is 0 Å². The van der Waals surface area contributed by atoms with E-state index in [0.29, 0.717) is 43.6 Å². The number of fused-ring (bicyclic) bond motifs is 1. The van der Waals surface area contributed by atoms with Crippen LogP contribution in [0.1, 0.15) is 42.9 Å². The molecule has 5 rings (SSSR count). The van der Waals surface area contributed by atoms with Gasteiger partial charge < -0.3 is 15.5 Å². The van der Waals surface area contributed by atoms with E-state index in [2.05, 4.69) is 20.7 Å². The molecule has 10 heteroatoms. The molecule has 0 bridgehead atoms. The van der Waals surface area contributed by atoms with Crippen molar-refractivity contribution < 1.29 is 9.59 Å². The van der Waals surface area contributed by atoms with E-state index in [1.807, 2.05) is 29.3 Å². The zero-order valence-corrected chi connectivity index (χ0v) is 17.7. The number of pyridine rings is 1. The van der Waals surface area contributed by atoms with E-state index in [9.17, 15) is 9.59 Å². The molecule has 0 aliphatic carbocycles. The molecule has 3 aromatic rings. The minimum absolute atomic E-state index is 0.000390. The Balaban J connectivity index is 1.38. The lowest BCUT2D eigenvalue weighted by molar-refractivity contribution is -0.135. The second-order valence-corrected chi connectivity index (χ2v) is 8.40. The van der Waals surface area contributed by atoms with Crippen molar-refractivity contribution in [2.24, 2.45) is 0 Å². The Hall–Kier alpha value is -3.43. The first-order valence-corrected chi connectivity index (χ1v) is 10.9. The highest BCUT2D eigenvalue weighted by Gasteiger charge is 2.34. The highest BCUT2D eigenvalue weighted by molar-refractivity contribution is 6.36. The van der Waals surface area contributed by atoms with Crippen LogP contribution in [-0.2, 0) is 16.1 Å². The topological polar surface area (TPSA) is 105 Å². The van der Waals surface area contributed by atoms with Crippen molar-refractivity contribution in [1.29, 1.82) is 0 Å². The molecule has 2 N–H and O–H groups in total. The summed E-state index contributed by atoms with van der Waals surface area (Å²) >= 11 is 0. The number of anilines is 1. The minimum atomic E-state index is -0.404. The summed E-state index contributed by atoms with van der Waals surface area (Å²) in [5.74, 6) is 0.824. The molecular formula is C22H24BN7O2. The van der Waals surface area contributed by atoms with Crippen LogP contribution < -0.4 is 16.1 Å². The molecule has 0 saturated carbocycles. The van der Waals surface area contributed by atoms with Crippen molar-refractivity contribution >= 4 is 36.6 Å². The number of likely N-dealkylation sites (tertiary alicyclic amines) is 1. The lowest BCUT2D eigenvalue weighted by Crippen LogP contribution is -2.48. The number of hydrogen-bond donors (Lipinski definition) is 2. The molecule has 32 heavy (non-hydrogen) atoms. The summed E-state index contributed by atoms with van der Waals surface area (Å²) in [6.45, 7) is 1.86. The summed E-state index contributed by atoms with van der Waals surface area (Å²) in [4.78, 5) is 35.3. The van der Waals surface area contributed by atoms with Crippen molar-refractivity contribution in [3.05, 3.63) is 48.0 Å². The van der Waals surface area contributed by atoms with Gasteiger partial charge in [0.05, 0.1) is 5.69 Å². The third-order valence-corrected chi connectivity index (χ3v) is 6.16. The highest BCUT2D eigenvalue weighted by Crippen LogP contribution is 2.28. The average molecular weight is 429 g/mol. The SMILES string of the molecule is [B]c1cnn2c(NCc3cccnc3)cc(C3CCCN(C(=O)C4CCC(=O)N4)C3)nc12.